The van der Waals surface area contributed by atoms with Crippen molar-refractivity contribution >= 4 is 29.5 Å². The third kappa shape index (κ3) is 3.49. The first kappa shape index (κ1) is 22.0. The summed E-state index contributed by atoms with van der Waals surface area (Å²) < 4.78 is 11.9. The van der Waals surface area contributed by atoms with Gasteiger partial charge in [-0.15, -0.1) is 0 Å². The van der Waals surface area contributed by atoms with Crippen LogP contribution in [0.15, 0.2) is 18.2 Å². The van der Waals surface area contributed by atoms with Crippen LogP contribution in [-0.2, 0) is 0 Å². The molecule has 34 heavy (non-hydrogen) atoms. The van der Waals surface area contributed by atoms with Gasteiger partial charge in [-0.2, -0.15) is 15.5 Å². The highest BCUT2D eigenvalue weighted by molar-refractivity contribution is 6.32. The van der Waals surface area contributed by atoms with E-state index in [1.165, 1.54) is 6.08 Å². The Labute approximate surface area is 201 Å². The van der Waals surface area contributed by atoms with Crippen LogP contribution in [0.5, 0.6) is 17.4 Å². The molecular weight excluding hydrogens is 456 g/mol. The summed E-state index contributed by atoms with van der Waals surface area (Å²) in [6.45, 7) is 4.03. The second-order valence-corrected chi connectivity index (χ2v) is 9.37. The first-order chi connectivity index (χ1) is 16.3. The topological polar surface area (TPSA) is 133 Å². The molecule has 0 radical (unpaired) electrons. The van der Waals surface area contributed by atoms with Gasteiger partial charge in [-0.1, -0.05) is 11.6 Å². The molecule has 0 spiro atoms. The lowest BCUT2D eigenvalue weighted by Gasteiger charge is -2.66. The molecule has 1 aromatic heterocycles. The molecule has 1 aliphatic heterocycles. The first-order valence-electron chi connectivity index (χ1n) is 10.9. The maximum absolute atomic E-state index is 12.6. The highest BCUT2D eigenvalue weighted by Gasteiger charge is 2.69. The molecule has 10 heteroatoms. The predicted octanol–water partition coefficient (Wildman–Crippen LogP) is 4.52. The number of rotatable bonds is 7. The van der Waals surface area contributed by atoms with E-state index in [1.54, 1.807) is 18.2 Å². The molecule has 1 amide bonds. The highest BCUT2D eigenvalue weighted by atomic mass is 35.5. The minimum absolute atomic E-state index is 0.197. The zero-order chi connectivity index (χ0) is 24.1. The number of halogens is 1. The number of anilines is 1. The summed E-state index contributed by atoms with van der Waals surface area (Å²) in [5.41, 5.74) is 0.997. The van der Waals surface area contributed by atoms with Crippen LogP contribution in [0.1, 0.15) is 60.8 Å². The van der Waals surface area contributed by atoms with Gasteiger partial charge in [-0.05, 0) is 56.9 Å². The Bertz CT molecular complexity index is 1310. The minimum atomic E-state index is -0.351. The highest BCUT2D eigenvalue weighted by Crippen LogP contribution is 2.67. The molecule has 0 saturated heterocycles. The average Bonchev–Trinajstić information content (AvgIpc) is 3.04. The molecule has 2 N–H and O–H groups in total. The van der Waals surface area contributed by atoms with E-state index in [9.17, 15) is 10.1 Å². The van der Waals surface area contributed by atoms with Gasteiger partial charge < -0.3 is 20.1 Å². The van der Waals surface area contributed by atoms with Crippen molar-refractivity contribution in [2.24, 2.45) is 5.41 Å². The first-order valence-corrected chi connectivity index (χ1v) is 11.3. The van der Waals surface area contributed by atoms with Gasteiger partial charge in [0, 0.05) is 11.6 Å². The van der Waals surface area contributed by atoms with Crippen molar-refractivity contribution < 1.29 is 14.3 Å². The van der Waals surface area contributed by atoms with Crippen LogP contribution >= 0.6 is 11.6 Å². The maximum Gasteiger partial charge on any atom is 0.271 e. The fourth-order valence-electron chi connectivity index (χ4n) is 5.04. The standard InChI is InChI=1S/C24H21ClN6O3/c1-3-33-16-8-14(5-4-6-26)7-15(25)19(16)34-21-17-13(2)28-20(32)18(17)29-22(30-21)31-24-9-23(10-24,11-24)12-27/h4-5,7-8,13H,3,9-11H2,1-2H3,(H,28,32)(H,29,30,31)/b5-4+/t13-,23?,24?/m1/s1. The number of carbonyl (C=O) groups excluding carboxylic acids is 1. The third-order valence-corrected chi connectivity index (χ3v) is 6.71. The van der Waals surface area contributed by atoms with E-state index >= 15 is 0 Å². The second-order valence-electron chi connectivity index (χ2n) is 8.97. The Morgan fingerprint density at radius 2 is 2.09 bits per heavy atom. The Hall–Kier alpha value is -3.82. The van der Waals surface area contributed by atoms with Gasteiger partial charge in [0.15, 0.2) is 11.5 Å². The Morgan fingerprint density at radius 3 is 2.76 bits per heavy atom. The van der Waals surface area contributed by atoms with E-state index in [1.807, 2.05) is 19.9 Å². The molecule has 4 aliphatic rings. The molecule has 3 saturated carbocycles. The van der Waals surface area contributed by atoms with E-state index in [4.69, 9.17) is 26.3 Å². The number of hydrogen-bond donors (Lipinski definition) is 2. The predicted molar refractivity (Wildman–Crippen MR) is 124 cm³/mol. The van der Waals surface area contributed by atoms with Crippen molar-refractivity contribution in [3.05, 3.63) is 40.1 Å². The van der Waals surface area contributed by atoms with Crippen molar-refractivity contribution in [2.45, 2.75) is 44.7 Å². The third-order valence-electron chi connectivity index (χ3n) is 6.43. The molecular formula is C24H21ClN6O3. The Morgan fingerprint density at radius 1 is 1.32 bits per heavy atom. The van der Waals surface area contributed by atoms with Crippen LogP contribution < -0.4 is 20.1 Å². The van der Waals surface area contributed by atoms with Gasteiger partial charge >= 0.3 is 0 Å². The summed E-state index contributed by atoms with van der Waals surface area (Å²) in [5.74, 6) is 0.798. The molecule has 3 aliphatic carbocycles. The van der Waals surface area contributed by atoms with Crippen LogP contribution in [0.4, 0.5) is 5.95 Å². The van der Waals surface area contributed by atoms with E-state index in [-0.39, 0.29) is 51.2 Å². The van der Waals surface area contributed by atoms with Crippen LogP contribution in [0.25, 0.3) is 6.08 Å². The summed E-state index contributed by atoms with van der Waals surface area (Å²) in [4.78, 5) is 21.6. The van der Waals surface area contributed by atoms with Crippen LogP contribution in [0.2, 0.25) is 5.02 Å². The SMILES string of the molecule is CCOc1cc(/C=C/C#N)cc(Cl)c1Oc1nc(NC23CC(C#N)(C2)C3)nc2c1[C@@H](C)NC2=O. The number of nitrogens with zero attached hydrogens (tertiary/aromatic N) is 4. The zero-order valence-corrected chi connectivity index (χ0v) is 19.4. The van der Waals surface area contributed by atoms with Crippen molar-refractivity contribution in [3.63, 3.8) is 0 Å². The Balaban J connectivity index is 1.53. The van der Waals surface area contributed by atoms with Crippen molar-refractivity contribution in [1.29, 1.82) is 10.5 Å². The van der Waals surface area contributed by atoms with Gasteiger partial charge in [-0.3, -0.25) is 4.79 Å². The average molecular weight is 477 g/mol. The summed E-state index contributed by atoms with van der Waals surface area (Å²) in [6, 6.07) is 7.34. The summed E-state index contributed by atoms with van der Waals surface area (Å²) >= 11 is 6.54. The lowest BCUT2D eigenvalue weighted by Crippen LogP contribution is -2.70. The monoisotopic (exact) mass is 476 g/mol. The number of aromatic nitrogens is 2. The quantitative estimate of drug-likeness (QED) is 0.557. The second kappa shape index (κ2) is 7.89. The maximum atomic E-state index is 12.6. The van der Waals surface area contributed by atoms with Crippen molar-refractivity contribution in [3.8, 4) is 29.5 Å². The number of fused-ring (bicyclic) bond motifs is 1. The fraction of sp³-hybridized carbons (Fsp3) is 0.375. The molecule has 1 atom stereocenters. The fourth-order valence-corrected chi connectivity index (χ4v) is 5.29. The van der Waals surface area contributed by atoms with Crippen LogP contribution in [0.3, 0.4) is 0 Å². The van der Waals surface area contributed by atoms with Gasteiger partial charge in [0.25, 0.3) is 5.91 Å². The number of ether oxygens (including phenoxy) is 2. The summed E-state index contributed by atoms with van der Waals surface area (Å²) in [7, 11) is 0. The molecule has 0 unspecified atom stereocenters. The summed E-state index contributed by atoms with van der Waals surface area (Å²) in [5, 5.41) is 24.6. The van der Waals surface area contributed by atoms with E-state index in [0.717, 1.165) is 19.3 Å². The molecule has 9 nitrogen and oxygen atoms in total. The van der Waals surface area contributed by atoms with E-state index in [0.29, 0.717) is 23.5 Å². The number of allylic oxidation sites excluding steroid dienone is 1. The summed E-state index contributed by atoms with van der Waals surface area (Å²) in [6.07, 6.45) is 5.15. The molecule has 3 fully saturated rings. The lowest BCUT2D eigenvalue weighted by molar-refractivity contribution is -0.0665. The molecule has 2 bridgehead atoms. The van der Waals surface area contributed by atoms with Crippen LogP contribution in [-0.4, -0.2) is 28.0 Å². The molecule has 6 rings (SSSR count). The number of hydrogen-bond acceptors (Lipinski definition) is 8. The van der Waals surface area contributed by atoms with Gasteiger partial charge in [-0.25, -0.2) is 4.98 Å². The molecule has 1 aromatic carbocycles. The number of nitriles is 2. The van der Waals surface area contributed by atoms with E-state index < -0.39 is 0 Å². The van der Waals surface area contributed by atoms with Gasteiger partial charge in [0.1, 0.15) is 5.69 Å². The Kier molecular flexibility index (Phi) is 5.11. The number of carbonyl (C=O) groups is 1. The van der Waals surface area contributed by atoms with Crippen LogP contribution in [0, 0.1) is 28.1 Å². The molecule has 2 heterocycles. The van der Waals surface area contributed by atoms with Crippen molar-refractivity contribution in [1.82, 2.24) is 15.3 Å². The van der Waals surface area contributed by atoms with Gasteiger partial charge in [0.05, 0.1) is 40.8 Å². The smallest absolute Gasteiger partial charge is 0.271 e. The minimum Gasteiger partial charge on any atom is -0.490 e. The number of nitrogens with one attached hydrogen (secondary N) is 2. The molecule has 2 aromatic rings. The number of amides is 1. The largest absolute Gasteiger partial charge is 0.490 e. The normalized spacial score (nSPS) is 25.9. The van der Waals surface area contributed by atoms with Crippen molar-refractivity contribution in [2.75, 3.05) is 11.9 Å². The molecule has 172 valence electrons. The number of benzene rings is 1. The zero-order valence-electron chi connectivity index (χ0n) is 18.6. The van der Waals surface area contributed by atoms with E-state index in [2.05, 4.69) is 26.7 Å². The lowest BCUT2D eigenvalue weighted by atomic mass is 9.40. The van der Waals surface area contributed by atoms with Gasteiger partial charge in [0.2, 0.25) is 11.8 Å².